The normalized spacial score (nSPS) is 11.9. The van der Waals surface area contributed by atoms with Crippen molar-refractivity contribution in [1.29, 1.82) is 0 Å². The highest BCUT2D eigenvalue weighted by atomic mass is 32.2. The summed E-state index contributed by atoms with van der Waals surface area (Å²) >= 11 is 1.26. The summed E-state index contributed by atoms with van der Waals surface area (Å²) in [7, 11) is 0. The van der Waals surface area contributed by atoms with Crippen molar-refractivity contribution in [2.75, 3.05) is 5.75 Å². The van der Waals surface area contributed by atoms with E-state index in [1.54, 1.807) is 18.2 Å². The molecule has 0 aromatic heterocycles. The van der Waals surface area contributed by atoms with Crippen LogP contribution in [-0.4, -0.2) is 28.8 Å². The maximum atomic E-state index is 13.3. The van der Waals surface area contributed by atoms with E-state index in [1.807, 2.05) is 0 Å². The van der Waals surface area contributed by atoms with E-state index in [2.05, 4.69) is 5.32 Å². The molecule has 1 rings (SSSR count). The molecule has 1 atom stereocenters. The first-order valence-corrected chi connectivity index (χ1v) is 6.47. The molecule has 98 valence electrons. The van der Waals surface area contributed by atoms with E-state index in [4.69, 9.17) is 5.11 Å². The zero-order valence-electron chi connectivity index (χ0n) is 9.85. The van der Waals surface area contributed by atoms with Crippen LogP contribution in [0, 0.1) is 5.82 Å². The predicted octanol–water partition coefficient (Wildman–Crippen LogP) is 1.65. The molecule has 0 spiro atoms. The van der Waals surface area contributed by atoms with Crippen LogP contribution in [0.5, 0.6) is 0 Å². The molecule has 0 saturated carbocycles. The van der Waals surface area contributed by atoms with E-state index in [1.165, 1.54) is 24.8 Å². The molecule has 0 fully saturated rings. The number of hydrogen-bond acceptors (Lipinski definition) is 3. The van der Waals surface area contributed by atoms with Crippen molar-refractivity contribution in [3.63, 3.8) is 0 Å². The second kappa shape index (κ2) is 7.00. The molecular formula is C12H14FNO3S. The van der Waals surface area contributed by atoms with Crippen molar-refractivity contribution in [2.24, 2.45) is 0 Å². The van der Waals surface area contributed by atoms with Crippen LogP contribution in [-0.2, 0) is 15.3 Å². The molecule has 6 heteroatoms. The minimum atomic E-state index is -1.09. The number of nitrogens with one attached hydrogen (secondary N) is 1. The van der Waals surface area contributed by atoms with Gasteiger partial charge in [0.25, 0.3) is 0 Å². The Kier molecular flexibility index (Phi) is 5.64. The number of carbonyl (C=O) groups excluding carboxylic acids is 1. The summed E-state index contributed by atoms with van der Waals surface area (Å²) < 4.78 is 13.3. The first-order valence-electron chi connectivity index (χ1n) is 5.31. The molecule has 0 radical (unpaired) electrons. The molecule has 1 aromatic carbocycles. The molecule has 4 nitrogen and oxygen atoms in total. The average molecular weight is 271 g/mol. The smallest absolute Gasteiger partial charge is 0.327 e. The lowest BCUT2D eigenvalue weighted by Crippen LogP contribution is -2.41. The highest BCUT2D eigenvalue weighted by molar-refractivity contribution is 7.98. The van der Waals surface area contributed by atoms with Gasteiger partial charge in [-0.2, -0.15) is 11.8 Å². The molecule has 0 aliphatic rings. The number of aliphatic carboxylic acids is 1. The minimum Gasteiger partial charge on any atom is -0.480 e. The highest BCUT2D eigenvalue weighted by Crippen LogP contribution is 2.16. The van der Waals surface area contributed by atoms with Crippen LogP contribution in [0.3, 0.4) is 0 Å². The number of halogens is 1. The lowest BCUT2D eigenvalue weighted by Gasteiger charge is -2.12. The van der Waals surface area contributed by atoms with Crippen LogP contribution in [0.25, 0.3) is 0 Å². The molecule has 0 bridgehead atoms. The number of carbonyl (C=O) groups is 2. The van der Waals surface area contributed by atoms with Crippen LogP contribution in [0.4, 0.5) is 4.39 Å². The summed E-state index contributed by atoms with van der Waals surface area (Å²) in [6.45, 7) is 1.26. The summed E-state index contributed by atoms with van der Waals surface area (Å²) in [4.78, 5) is 21.6. The van der Waals surface area contributed by atoms with Gasteiger partial charge in [-0.05, 0) is 11.6 Å². The van der Waals surface area contributed by atoms with Crippen molar-refractivity contribution in [1.82, 2.24) is 5.32 Å². The van der Waals surface area contributed by atoms with Crippen LogP contribution < -0.4 is 5.32 Å². The number of hydrogen-bond donors (Lipinski definition) is 2. The Balaban J connectivity index is 2.46. The van der Waals surface area contributed by atoms with Gasteiger partial charge in [0.05, 0.1) is 0 Å². The summed E-state index contributed by atoms with van der Waals surface area (Å²) in [5, 5.41) is 11.2. The van der Waals surface area contributed by atoms with Crippen molar-refractivity contribution < 1.29 is 19.1 Å². The van der Waals surface area contributed by atoms with E-state index < -0.39 is 17.9 Å². The van der Waals surface area contributed by atoms with Crippen molar-refractivity contribution in [3.8, 4) is 0 Å². The molecule has 0 aliphatic heterocycles. The molecular weight excluding hydrogens is 257 g/mol. The minimum absolute atomic E-state index is 0.198. The molecule has 2 N–H and O–H groups in total. The molecule has 0 saturated heterocycles. The Morgan fingerprint density at radius 2 is 2.11 bits per heavy atom. The summed E-state index contributed by atoms with van der Waals surface area (Å²) in [6, 6.07) is 5.39. The van der Waals surface area contributed by atoms with E-state index in [0.29, 0.717) is 11.3 Å². The van der Waals surface area contributed by atoms with Gasteiger partial charge in [-0.25, -0.2) is 9.18 Å². The predicted molar refractivity (Wildman–Crippen MR) is 67.8 cm³/mol. The van der Waals surface area contributed by atoms with E-state index in [0.717, 1.165) is 0 Å². The first kappa shape index (κ1) is 14.5. The molecule has 1 amide bonds. The number of thioether (sulfide) groups is 1. The Morgan fingerprint density at radius 3 is 2.67 bits per heavy atom. The second-order valence-corrected chi connectivity index (χ2v) is 4.73. The largest absolute Gasteiger partial charge is 0.480 e. The monoisotopic (exact) mass is 271 g/mol. The fraction of sp³-hybridized carbons (Fsp3) is 0.333. The second-order valence-electron chi connectivity index (χ2n) is 3.70. The topological polar surface area (TPSA) is 66.4 Å². The lowest BCUT2D eigenvalue weighted by atomic mass is 10.2. The number of rotatable bonds is 6. The van der Waals surface area contributed by atoms with Crippen molar-refractivity contribution in [3.05, 3.63) is 35.6 Å². The summed E-state index contributed by atoms with van der Waals surface area (Å²) in [6.07, 6.45) is 0. The van der Waals surface area contributed by atoms with Gasteiger partial charge >= 0.3 is 5.97 Å². The number of carboxylic acids is 1. The lowest BCUT2D eigenvalue weighted by molar-refractivity contribution is -0.140. The van der Waals surface area contributed by atoms with Gasteiger partial charge in [0.1, 0.15) is 11.9 Å². The van der Waals surface area contributed by atoms with Gasteiger partial charge in [-0.1, -0.05) is 18.2 Å². The van der Waals surface area contributed by atoms with Gasteiger partial charge in [0.2, 0.25) is 5.91 Å². The van der Waals surface area contributed by atoms with Crippen LogP contribution >= 0.6 is 11.8 Å². The number of amides is 1. The van der Waals surface area contributed by atoms with Gasteiger partial charge in [0.15, 0.2) is 0 Å². The molecule has 1 aromatic rings. The quantitative estimate of drug-likeness (QED) is 0.825. The molecule has 0 heterocycles. The first-order chi connectivity index (χ1) is 8.50. The fourth-order valence-electron chi connectivity index (χ4n) is 1.32. The Labute approximate surface area is 109 Å². The summed E-state index contributed by atoms with van der Waals surface area (Å²) in [5.74, 6) is -1.23. The van der Waals surface area contributed by atoms with E-state index in [9.17, 15) is 14.0 Å². The highest BCUT2D eigenvalue weighted by Gasteiger charge is 2.18. The van der Waals surface area contributed by atoms with Crippen LogP contribution in [0.2, 0.25) is 0 Å². The van der Waals surface area contributed by atoms with Gasteiger partial charge in [0, 0.05) is 18.4 Å². The third-order valence-electron chi connectivity index (χ3n) is 2.18. The third kappa shape index (κ3) is 4.75. The van der Waals surface area contributed by atoms with Gasteiger partial charge < -0.3 is 10.4 Å². The Hall–Kier alpha value is -1.56. The molecule has 0 aliphatic carbocycles. The average Bonchev–Trinajstić information content (AvgIpc) is 2.29. The van der Waals surface area contributed by atoms with Crippen molar-refractivity contribution >= 4 is 23.6 Å². The number of benzene rings is 1. The zero-order valence-corrected chi connectivity index (χ0v) is 10.7. The summed E-state index contributed by atoms with van der Waals surface area (Å²) in [5.41, 5.74) is 0.523. The molecule has 1 unspecified atom stereocenters. The Morgan fingerprint density at radius 1 is 1.44 bits per heavy atom. The van der Waals surface area contributed by atoms with Crippen LogP contribution in [0.15, 0.2) is 24.3 Å². The van der Waals surface area contributed by atoms with E-state index in [-0.39, 0.29) is 11.6 Å². The van der Waals surface area contributed by atoms with Crippen LogP contribution in [0.1, 0.15) is 12.5 Å². The maximum absolute atomic E-state index is 13.3. The SMILES string of the molecule is CC(=O)NC(CSCc1ccccc1F)C(=O)O. The van der Waals surface area contributed by atoms with Gasteiger partial charge in [-0.3, -0.25) is 4.79 Å². The standard InChI is InChI=1S/C12H14FNO3S/c1-8(15)14-11(12(16)17)7-18-6-9-4-2-3-5-10(9)13/h2-5,11H,6-7H2,1H3,(H,14,15)(H,16,17). The third-order valence-corrected chi connectivity index (χ3v) is 3.26. The molecule has 18 heavy (non-hydrogen) atoms. The zero-order chi connectivity index (χ0) is 13.5. The fourth-order valence-corrected chi connectivity index (χ4v) is 2.36. The maximum Gasteiger partial charge on any atom is 0.327 e. The van der Waals surface area contributed by atoms with Crippen molar-refractivity contribution in [2.45, 2.75) is 18.7 Å². The Bertz CT molecular complexity index is 439. The number of carboxylic acid groups (broad SMARTS) is 1. The van der Waals surface area contributed by atoms with Gasteiger partial charge in [-0.15, -0.1) is 0 Å². The van der Waals surface area contributed by atoms with E-state index >= 15 is 0 Å².